The Morgan fingerprint density at radius 1 is 1.18 bits per heavy atom. The van der Waals surface area contributed by atoms with Gasteiger partial charge in [-0.2, -0.15) is 0 Å². The van der Waals surface area contributed by atoms with Gasteiger partial charge in [0.25, 0.3) is 0 Å². The summed E-state index contributed by atoms with van der Waals surface area (Å²) >= 11 is 3.42. The predicted octanol–water partition coefficient (Wildman–Crippen LogP) is 4.44. The molecule has 0 bridgehead atoms. The molecule has 0 fully saturated rings. The van der Waals surface area contributed by atoms with Gasteiger partial charge in [-0.3, -0.25) is 4.79 Å². The highest BCUT2D eigenvalue weighted by atomic mass is 79.9. The number of carbonyl (C=O) groups is 1. The third-order valence-electron chi connectivity index (χ3n) is 3.56. The molecular weight excluding hydrogens is 340 g/mol. The van der Waals surface area contributed by atoms with E-state index >= 15 is 0 Å². The second kappa shape index (κ2) is 8.11. The zero-order valence-electron chi connectivity index (χ0n) is 12.9. The van der Waals surface area contributed by atoms with Crippen LogP contribution in [0.1, 0.15) is 30.5 Å². The number of anilines is 1. The standard InChI is InChI=1S/C18H21BrN2O/c1-13-12-16(19)8-9-17(13)21-18(22)10-11-20-14(2)15-6-4-3-5-7-15/h3-9,12,14,20H,10-11H2,1-2H3,(H,21,22). The zero-order valence-corrected chi connectivity index (χ0v) is 14.5. The van der Waals surface area contributed by atoms with Crippen molar-refractivity contribution in [2.75, 3.05) is 11.9 Å². The highest BCUT2D eigenvalue weighted by Gasteiger charge is 2.07. The molecule has 0 aliphatic carbocycles. The number of aryl methyl sites for hydroxylation is 1. The van der Waals surface area contributed by atoms with Crippen molar-refractivity contribution in [1.29, 1.82) is 0 Å². The summed E-state index contributed by atoms with van der Waals surface area (Å²) in [7, 11) is 0. The maximum absolute atomic E-state index is 12.0. The first-order chi connectivity index (χ1) is 10.6. The number of halogens is 1. The van der Waals surface area contributed by atoms with Crippen molar-refractivity contribution in [3.8, 4) is 0 Å². The van der Waals surface area contributed by atoms with Crippen LogP contribution in [0.5, 0.6) is 0 Å². The van der Waals surface area contributed by atoms with E-state index in [1.807, 2.05) is 43.3 Å². The van der Waals surface area contributed by atoms with E-state index in [2.05, 4.69) is 45.6 Å². The van der Waals surface area contributed by atoms with Crippen molar-refractivity contribution in [1.82, 2.24) is 5.32 Å². The monoisotopic (exact) mass is 360 g/mol. The normalized spacial score (nSPS) is 12.0. The van der Waals surface area contributed by atoms with E-state index in [1.54, 1.807) is 0 Å². The zero-order chi connectivity index (χ0) is 15.9. The molecule has 1 amide bonds. The van der Waals surface area contributed by atoms with Gasteiger partial charge in [-0.25, -0.2) is 0 Å². The maximum Gasteiger partial charge on any atom is 0.225 e. The lowest BCUT2D eigenvalue weighted by atomic mass is 10.1. The summed E-state index contributed by atoms with van der Waals surface area (Å²) in [4.78, 5) is 12.0. The fourth-order valence-corrected chi connectivity index (χ4v) is 2.72. The van der Waals surface area contributed by atoms with Crippen molar-refractivity contribution in [2.24, 2.45) is 0 Å². The van der Waals surface area contributed by atoms with Crippen molar-refractivity contribution >= 4 is 27.5 Å². The number of rotatable bonds is 6. The molecule has 2 rings (SSSR count). The molecule has 2 aromatic rings. The summed E-state index contributed by atoms with van der Waals surface area (Å²) < 4.78 is 1.02. The Morgan fingerprint density at radius 2 is 1.91 bits per heavy atom. The SMILES string of the molecule is Cc1cc(Br)ccc1NC(=O)CCNC(C)c1ccccc1. The van der Waals surface area contributed by atoms with Crippen LogP contribution >= 0.6 is 15.9 Å². The van der Waals surface area contributed by atoms with E-state index in [4.69, 9.17) is 0 Å². The van der Waals surface area contributed by atoms with Crippen molar-refractivity contribution in [3.05, 3.63) is 64.1 Å². The quantitative estimate of drug-likeness (QED) is 0.799. The third kappa shape index (κ3) is 4.97. The average Bonchev–Trinajstić information content (AvgIpc) is 2.51. The highest BCUT2D eigenvalue weighted by Crippen LogP contribution is 2.20. The van der Waals surface area contributed by atoms with Crippen LogP contribution in [0.25, 0.3) is 0 Å². The van der Waals surface area contributed by atoms with Crippen LogP contribution in [0.2, 0.25) is 0 Å². The van der Waals surface area contributed by atoms with Crippen molar-refractivity contribution in [3.63, 3.8) is 0 Å². The minimum absolute atomic E-state index is 0.0261. The Bertz CT molecular complexity index is 628. The van der Waals surface area contributed by atoms with Gasteiger partial charge in [0.15, 0.2) is 0 Å². The molecule has 0 heterocycles. The molecule has 0 saturated heterocycles. The van der Waals surface area contributed by atoms with E-state index in [9.17, 15) is 4.79 Å². The summed E-state index contributed by atoms with van der Waals surface area (Å²) in [5.41, 5.74) is 3.14. The Hall–Kier alpha value is -1.65. The summed E-state index contributed by atoms with van der Waals surface area (Å²) in [6.07, 6.45) is 0.451. The number of carbonyl (C=O) groups excluding carboxylic acids is 1. The fourth-order valence-electron chi connectivity index (χ4n) is 2.24. The molecule has 4 heteroatoms. The number of benzene rings is 2. The van der Waals surface area contributed by atoms with Crippen molar-refractivity contribution in [2.45, 2.75) is 26.3 Å². The molecule has 22 heavy (non-hydrogen) atoms. The first kappa shape index (κ1) is 16.7. The van der Waals surface area contributed by atoms with Gasteiger partial charge in [-0.15, -0.1) is 0 Å². The van der Waals surface area contributed by atoms with Crippen LogP contribution in [0.15, 0.2) is 53.0 Å². The number of hydrogen-bond acceptors (Lipinski definition) is 2. The van der Waals surface area contributed by atoms with E-state index < -0.39 is 0 Å². The van der Waals surface area contributed by atoms with Gasteiger partial charge in [-0.1, -0.05) is 46.3 Å². The van der Waals surface area contributed by atoms with Gasteiger partial charge in [0.1, 0.15) is 0 Å². The number of amides is 1. The molecule has 1 atom stereocenters. The third-order valence-corrected chi connectivity index (χ3v) is 4.06. The molecule has 116 valence electrons. The highest BCUT2D eigenvalue weighted by molar-refractivity contribution is 9.10. The predicted molar refractivity (Wildman–Crippen MR) is 95.0 cm³/mol. The van der Waals surface area contributed by atoms with E-state index in [-0.39, 0.29) is 11.9 Å². The molecule has 0 radical (unpaired) electrons. The molecule has 2 N–H and O–H groups in total. The lowest BCUT2D eigenvalue weighted by Crippen LogP contribution is -2.24. The number of hydrogen-bond donors (Lipinski definition) is 2. The molecule has 0 aliphatic rings. The largest absolute Gasteiger partial charge is 0.326 e. The first-order valence-electron chi connectivity index (χ1n) is 7.40. The molecule has 2 aromatic carbocycles. The Morgan fingerprint density at radius 3 is 2.59 bits per heavy atom. The molecule has 0 aromatic heterocycles. The Labute approximate surface area is 140 Å². The van der Waals surface area contributed by atoms with Crippen LogP contribution in [0, 0.1) is 6.92 Å². The van der Waals surface area contributed by atoms with Gasteiger partial charge < -0.3 is 10.6 Å². The Balaban J connectivity index is 1.78. The van der Waals surface area contributed by atoms with Gasteiger partial charge in [-0.05, 0) is 43.2 Å². The van der Waals surface area contributed by atoms with Crippen LogP contribution in [-0.2, 0) is 4.79 Å². The van der Waals surface area contributed by atoms with Crippen LogP contribution in [-0.4, -0.2) is 12.5 Å². The van der Waals surface area contributed by atoms with E-state index in [0.29, 0.717) is 13.0 Å². The Kier molecular flexibility index (Phi) is 6.16. The average molecular weight is 361 g/mol. The first-order valence-corrected chi connectivity index (χ1v) is 8.20. The van der Waals surface area contributed by atoms with Crippen LogP contribution in [0.4, 0.5) is 5.69 Å². The van der Waals surface area contributed by atoms with Crippen LogP contribution < -0.4 is 10.6 Å². The molecule has 0 aliphatic heterocycles. The summed E-state index contributed by atoms with van der Waals surface area (Å²) in [6, 6.07) is 16.3. The molecule has 3 nitrogen and oxygen atoms in total. The lowest BCUT2D eigenvalue weighted by Gasteiger charge is -2.14. The van der Waals surface area contributed by atoms with Gasteiger partial charge in [0, 0.05) is 29.2 Å². The minimum Gasteiger partial charge on any atom is -0.326 e. The second-order valence-electron chi connectivity index (χ2n) is 5.34. The van der Waals surface area contributed by atoms with E-state index in [0.717, 1.165) is 15.7 Å². The second-order valence-corrected chi connectivity index (χ2v) is 6.26. The minimum atomic E-state index is 0.0261. The van der Waals surface area contributed by atoms with Gasteiger partial charge in [0.2, 0.25) is 5.91 Å². The topological polar surface area (TPSA) is 41.1 Å². The molecule has 0 saturated carbocycles. The van der Waals surface area contributed by atoms with Gasteiger partial charge in [0.05, 0.1) is 0 Å². The van der Waals surface area contributed by atoms with Crippen molar-refractivity contribution < 1.29 is 4.79 Å². The number of nitrogens with one attached hydrogen (secondary N) is 2. The summed E-state index contributed by atoms with van der Waals surface area (Å²) in [5, 5.41) is 6.32. The smallest absolute Gasteiger partial charge is 0.225 e. The van der Waals surface area contributed by atoms with E-state index in [1.165, 1.54) is 5.56 Å². The lowest BCUT2D eigenvalue weighted by molar-refractivity contribution is -0.116. The molecule has 0 spiro atoms. The fraction of sp³-hybridized carbons (Fsp3) is 0.278. The summed E-state index contributed by atoms with van der Waals surface area (Å²) in [6.45, 7) is 4.74. The molecular formula is C18H21BrN2O. The van der Waals surface area contributed by atoms with Gasteiger partial charge >= 0.3 is 0 Å². The summed E-state index contributed by atoms with van der Waals surface area (Å²) in [5.74, 6) is 0.0261. The maximum atomic E-state index is 12.0. The molecule has 1 unspecified atom stereocenters. The van der Waals surface area contributed by atoms with Crippen LogP contribution in [0.3, 0.4) is 0 Å².